The van der Waals surface area contributed by atoms with Gasteiger partial charge in [-0.3, -0.25) is 0 Å². The van der Waals surface area contributed by atoms with Crippen molar-refractivity contribution in [2.75, 3.05) is 24.8 Å². The summed E-state index contributed by atoms with van der Waals surface area (Å²) >= 11 is 0. The first kappa shape index (κ1) is 25.8. The third-order valence-corrected chi connectivity index (χ3v) is 7.21. The number of anilines is 1. The van der Waals surface area contributed by atoms with Gasteiger partial charge in [0.05, 0.1) is 35.7 Å². The van der Waals surface area contributed by atoms with Crippen LogP contribution in [0.3, 0.4) is 0 Å². The molecular formula is C22H24F3N5O5S. The number of benzene rings is 1. The van der Waals surface area contributed by atoms with Gasteiger partial charge in [-0.05, 0) is 23.6 Å². The lowest BCUT2D eigenvalue weighted by Gasteiger charge is -2.38. The third kappa shape index (κ3) is 4.39. The lowest BCUT2D eigenvalue weighted by Crippen LogP contribution is -2.42. The summed E-state index contributed by atoms with van der Waals surface area (Å²) in [6.07, 6.45) is -3.06. The van der Waals surface area contributed by atoms with E-state index in [4.69, 9.17) is 0 Å². The van der Waals surface area contributed by atoms with Gasteiger partial charge in [0.15, 0.2) is 15.5 Å². The van der Waals surface area contributed by atoms with Gasteiger partial charge in [0.2, 0.25) is 5.95 Å². The van der Waals surface area contributed by atoms with Gasteiger partial charge in [0.1, 0.15) is 11.4 Å². The molecule has 36 heavy (non-hydrogen) atoms. The van der Waals surface area contributed by atoms with Crippen molar-refractivity contribution in [3.05, 3.63) is 41.0 Å². The molecule has 1 aromatic carbocycles. The minimum absolute atomic E-state index is 0.0136. The maximum atomic E-state index is 13.7. The number of methoxy groups -OCH3 is 1. The van der Waals surface area contributed by atoms with Crippen LogP contribution < -0.4 is 4.90 Å². The van der Waals surface area contributed by atoms with Crippen LogP contribution in [0.2, 0.25) is 0 Å². The van der Waals surface area contributed by atoms with Gasteiger partial charge in [0.25, 0.3) is 0 Å². The van der Waals surface area contributed by atoms with Crippen LogP contribution in [0.15, 0.2) is 23.2 Å². The molecule has 0 unspecified atom stereocenters. The summed E-state index contributed by atoms with van der Waals surface area (Å²) in [5, 5.41) is 9.70. The topological polar surface area (TPSA) is 128 Å². The first-order valence-corrected chi connectivity index (χ1v) is 12.8. The zero-order valence-electron chi connectivity index (χ0n) is 19.9. The van der Waals surface area contributed by atoms with Crippen molar-refractivity contribution in [1.29, 1.82) is 0 Å². The van der Waals surface area contributed by atoms with Crippen molar-refractivity contribution < 1.29 is 36.2 Å². The molecule has 1 aliphatic rings. The fourth-order valence-corrected chi connectivity index (χ4v) is 5.42. The molecule has 0 spiro atoms. The van der Waals surface area contributed by atoms with E-state index in [1.807, 2.05) is 18.4 Å². The molecule has 0 bridgehead atoms. The quantitative estimate of drug-likeness (QED) is 0.498. The van der Waals surface area contributed by atoms with E-state index < -0.39 is 45.9 Å². The van der Waals surface area contributed by atoms with Gasteiger partial charge in [-0.2, -0.15) is 13.2 Å². The number of imidazole rings is 1. The average molecular weight is 528 g/mol. The third-order valence-electron chi connectivity index (χ3n) is 6.03. The van der Waals surface area contributed by atoms with Crippen molar-refractivity contribution in [1.82, 2.24) is 19.5 Å². The maximum absolute atomic E-state index is 13.7. The predicted molar refractivity (Wildman–Crippen MR) is 122 cm³/mol. The molecule has 0 aliphatic carbocycles. The highest BCUT2D eigenvalue weighted by Gasteiger charge is 2.41. The summed E-state index contributed by atoms with van der Waals surface area (Å²) in [4.78, 5) is 25.9. The fraction of sp³-hybridized carbons (Fsp3) is 0.455. The van der Waals surface area contributed by atoms with Gasteiger partial charge in [-0.1, -0.05) is 13.8 Å². The van der Waals surface area contributed by atoms with E-state index in [9.17, 15) is 31.5 Å². The number of fused-ring (bicyclic) bond motifs is 3. The standard InChI is InChI=1S/C22H24F3N5O5S/c1-11(2)17-19-27-14-7-12(10-31)16(36(4,33)34)8-15(14)29(19)5-6-30(17)21-26-9-13(20(32)35-3)18(28-21)22(23,24)25/h7-9,11,17,31H,5-6,10H2,1-4H3/t17-/m1/s1. The number of hydrogen-bond acceptors (Lipinski definition) is 9. The zero-order chi connectivity index (χ0) is 26.6. The first-order chi connectivity index (χ1) is 16.8. The van der Waals surface area contributed by atoms with Gasteiger partial charge in [0, 0.05) is 25.5 Å². The first-order valence-electron chi connectivity index (χ1n) is 10.9. The molecule has 2 aromatic heterocycles. The van der Waals surface area contributed by atoms with E-state index in [1.54, 1.807) is 4.90 Å². The zero-order valence-corrected chi connectivity index (χ0v) is 20.7. The number of aliphatic hydroxyl groups is 1. The largest absolute Gasteiger partial charge is 0.465 e. The van der Waals surface area contributed by atoms with Crippen molar-refractivity contribution in [3.63, 3.8) is 0 Å². The lowest BCUT2D eigenvalue weighted by molar-refractivity contribution is -0.141. The Morgan fingerprint density at radius 1 is 1.25 bits per heavy atom. The van der Waals surface area contributed by atoms with Gasteiger partial charge in [-0.15, -0.1) is 0 Å². The van der Waals surface area contributed by atoms with Crippen LogP contribution in [0.1, 0.15) is 47.3 Å². The molecule has 1 N–H and O–H groups in total. The molecule has 1 atom stereocenters. The molecule has 10 nitrogen and oxygen atoms in total. The Bertz CT molecular complexity index is 1450. The van der Waals surface area contributed by atoms with E-state index in [-0.39, 0.29) is 35.4 Å². The van der Waals surface area contributed by atoms with Crippen molar-refractivity contribution in [2.45, 2.75) is 44.1 Å². The molecule has 4 rings (SSSR count). The highest BCUT2D eigenvalue weighted by atomic mass is 32.2. The molecule has 3 heterocycles. The van der Waals surface area contributed by atoms with Gasteiger partial charge < -0.3 is 19.3 Å². The number of carbonyl (C=O) groups is 1. The Labute approximate surface area is 204 Å². The van der Waals surface area contributed by atoms with Crippen LogP contribution in [0.25, 0.3) is 11.0 Å². The van der Waals surface area contributed by atoms with E-state index in [0.29, 0.717) is 16.9 Å². The minimum atomic E-state index is -4.92. The normalized spacial score (nSPS) is 16.5. The van der Waals surface area contributed by atoms with Crippen LogP contribution in [0.5, 0.6) is 0 Å². The van der Waals surface area contributed by atoms with Crippen LogP contribution in [0, 0.1) is 5.92 Å². The van der Waals surface area contributed by atoms with Crippen LogP contribution >= 0.6 is 0 Å². The highest BCUT2D eigenvalue weighted by Crippen LogP contribution is 2.38. The summed E-state index contributed by atoms with van der Waals surface area (Å²) in [6, 6.07) is 2.40. The minimum Gasteiger partial charge on any atom is -0.465 e. The monoisotopic (exact) mass is 527 g/mol. The molecule has 0 radical (unpaired) electrons. The molecule has 1 aliphatic heterocycles. The van der Waals surface area contributed by atoms with Crippen molar-refractivity contribution in [2.24, 2.45) is 5.92 Å². The number of ether oxygens (including phenoxy) is 1. The smallest absolute Gasteiger partial charge is 0.434 e. The number of carbonyl (C=O) groups excluding carboxylic acids is 1. The molecule has 0 saturated carbocycles. The summed E-state index contributed by atoms with van der Waals surface area (Å²) < 4.78 is 72.0. The molecule has 14 heteroatoms. The number of halogens is 3. The van der Waals surface area contributed by atoms with Crippen LogP contribution in [-0.4, -0.2) is 58.9 Å². The lowest BCUT2D eigenvalue weighted by atomic mass is 10.00. The second kappa shape index (κ2) is 9.00. The van der Waals surface area contributed by atoms with Crippen molar-refractivity contribution >= 4 is 32.8 Å². The summed E-state index contributed by atoms with van der Waals surface area (Å²) in [5.74, 6) is -1.09. The molecule has 0 fully saturated rings. The predicted octanol–water partition coefficient (Wildman–Crippen LogP) is 2.74. The molecule has 3 aromatic rings. The average Bonchev–Trinajstić information content (AvgIpc) is 3.17. The maximum Gasteiger partial charge on any atom is 0.434 e. The van der Waals surface area contributed by atoms with E-state index in [2.05, 4.69) is 19.7 Å². The van der Waals surface area contributed by atoms with Crippen molar-refractivity contribution in [3.8, 4) is 0 Å². The number of sulfone groups is 1. The molecule has 194 valence electrons. The molecule has 0 saturated heterocycles. The number of nitrogens with zero attached hydrogens (tertiary/aromatic N) is 5. The second-order valence-corrected chi connectivity index (χ2v) is 10.8. The van der Waals surface area contributed by atoms with Gasteiger partial charge in [-0.25, -0.2) is 28.2 Å². The molecule has 0 amide bonds. The number of aliphatic hydroxyl groups excluding tert-OH is 1. The number of esters is 1. The van der Waals surface area contributed by atoms with E-state index in [0.717, 1.165) is 19.6 Å². The van der Waals surface area contributed by atoms with E-state index >= 15 is 0 Å². The summed E-state index contributed by atoms with van der Waals surface area (Å²) in [6.45, 7) is 3.69. The molecular weight excluding hydrogens is 503 g/mol. The van der Waals surface area contributed by atoms with Crippen LogP contribution in [0.4, 0.5) is 19.1 Å². The van der Waals surface area contributed by atoms with E-state index in [1.165, 1.54) is 12.1 Å². The summed E-state index contributed by atoms with van der Waals surface area (Å²) in [7, 11) is -2.66. The summed E-state index contributed by atoms with van der Waals surface area (Å²) in [5.41, 5.74) is -0.997. The van der Waals surface area contributed by atoms with Crippen LogP contribution in [-0.2, 0) is 33.9 Å². The Morgan fingerprint density at radius 3 is 2.50 bits per heavy atom. The Balaban J connectivity index is 1.87. The second-order valence-electron chi connectivity index (χ2n) is 8.80. The number of hydrogen-bond donors (Lipinski definition) is 1. The Morgan fingerprint density at radius 2 is 1.94 bits per heavy atom. The number of alkyl halides is 3. The number of rotatable bonds is 5. The Kier molecular flexibility index (Phi) is 6.45. The fourth-order valence-electron chi connectivity index (χ4n) is 4.50. The van der Waals surface area contributed by atoms with Gasteiger partial charge >= 0.3 is 12.1 Å². The Hall–Kier alpha value is -3.26. The SMILES string of the molecule is COC(=O)c1cnc(N2CCn3c(nc4cc(CO)c(S(C)(=O)=O)cc43)[C@H]2C(C)C)nc1C(F)(F)F. The number of aromatic nitrogens is 4. The highest BCUT2D eigenvalue weighted by molar-refractivity contribution is 7.90.